The van der Waals surface area contributed by atoms with Gasteiger partial charge in [-0.05, 0) is 36.9 Å². The number of hydrogen-bond donors (Lipinski definition) is 2. The van der Waals surface area contributed by atoms with Crippen LogP contribution in [0.15, 0.2) is 59.5 Å². The summed E-state index contributed by atoms with van der Waals surface area (Å²) in [5.74, 6) is -2.39. The summed E-state index contributed by atoms with van der Waals surface area (Å²) in [4.78, 5) is 10.2. The zero-order valence-electron chi connectivity index (χ0n) is 12.5. The zero-order chi connectivity index (χ0) is 17.9. The topological polar surface area (TPSA) is 57.5 Å². The van der Waals surface area contributed by atoms with Crippen molar-refractivity contribution in [2.45, 2.75) is 18.0 Å². The van der Waals surface area contributed by atoms with Crippen molar-refractivity contribution in [1.82, 2.24) is 0 Å². The summed E-state index contributed by atoms with van der Waals surface area (Å²) in [6.07, 6.45) is -3.00. The van der Waals surface area contributed by atoms with E-state index >= 15 is 0 Å². The summed E-state index contributed by atoms with van der Waals surface area (Å²) in [7, 11) is 0. The van der Waals surface area contributed by atoms with E-state index in [1.807, 2.05) is 43.3 Å². The minimum Gasteiger partial charge on any atom is -0.508 e. The maximum Gasteiger partial charge on any atom is 0.490 e. The Morgan fingerprint density at radius 1 is 1.00 bits per heavy atom. The minimum atomic E-state index is -5.08. The predicted octanol–water partition coefficient (Wildman–Crippen LogP) is 4.74. The number of carboxylic acids is 1. The van der Waals surface area contributed by atoms with Gasteiger partial charge in [0.1, 0.15) is 5.75 Å². The highest BCUT2D eigenvalue weighted by molar-refractivity contribution is 7.98. The molecule has 126 valence electrons. The van der Waals surface area contributed by atoms with Crippen molar-refractivity contribution in [3.63, 3.8) is 0 Å². The number of rotatable bonds is 1. The zero-order valence-corrected chi connectivity index (χ0v) is 13.4. The van der Waals surface area contributed by atoms with Crippen LogP contribution in [0.2, 0.25) is 0 Å². The fraction of sp³-hybridized carbons (Fsp3) is 0.188. The molecule has 0 heterocycles. The molecule has 0 unspecified atom stereocenters. The fourth-order valence-corrected chi connectivity index (χ4v) is 1.55. The van der Waals surface area contributed by atoms with Gasteiger partial charge in [0.25, 0.3) is 0 Å². The molecule has 2 N–H and O–H groups in total. The predicted molar refractivity (Wildman–Crippen MR) is 84.8 cm³/mol. The molecule has 2 aromatic rings. The molecule has 0 radical (unpaired) electrons. The summed E-state index contributed by atoms with van der Waals surface area (Å²) in [5.41, 5.74) is 0.924. The first kappa shape index (κ1) is 20.9. The minimum absolute atomic E-state index is 0.368. The van der Waals surface area contributed by atoms with E-state index in [-0.39, 0.29) is 0 Å². The van der Waals surface area contributed by atoms with E-state index in [1.165, 1.54) is 4.90 Å². The Kier molecular flexibility index (Phi) is 9.57. The molecule has 0 amide bonds. The van der Waals surface area contributed by atoms with Crippen LogP contribution in [0, 0.1) is 6.92 Å². The smallest absolute Gasteiger partial charge is 0.490 e. The SMILES string of the molecule is CSc1ccccc1.Cc1ccccc1O.O=C(O)C(F)(F)F. The van der Waals surface area contributed by atoms with Gasteiger partial charge < -0.3 is 10.2 Å². The van der Waals surface area contributed by atoms with E-state index < -0.39 is 12.1 Å². The third-order valence-electron chi connectivity index (χ3n) is 2.34. The highest BCUT2D eigenvalue weighted by Gasteiger charge is 2.38. The molecular weight excluding hydrogens is 329 g/mol. The highest BCUT2D eigenvalue weighted by Crippen LogP contribution is 2.13. The van der Waals surface area contributed by atoms with E-state index in [1.54, 1.807) is 17.8 Å². The van der Waals surface area contributed by atoms with Gasteiger partial charge in [-0.25, -0.2) is 4.79 Å². The van der Waals surface area contributed by atoms with E-state index in [0.29, 0.717) is 5.75 Å². The van der Waals surface area contributed by atoms with Crippen LogP contribution >= 0.6 is 11.8 Å². The maximum atomic E-state index is 10.6. The van der Waals surface area contributed by atoms with Crippen LogP contribution < -0.4 is 0 Å². The van der Waals surface area contributed by atoms with Gasteiger partial charge in [0, 0.05) is 4.90 Å². The Morgan fingerprint density at radius 3 is 1.70 bits per heavy atom. The van der Waals surface area contributed by atoms with Crippen LogP contribution in [0.1, 0.15) is 5.56 Å². The Labute approximate surface area is 136 Å². The van der Waals surface area contributed by atoms with Gasteiger partial charge in [0.15, 0.2) is 0 Å². The monoisotopic (exact) mass is 346 g/mol. The Balaban J connectivity index is 0.000000317. The third kappa shape index (κ3) is 10.2. The Hall–Kier alpha value is -2.15. The molecule has 0 aliphatic heterocycles. The molecular formula is C16H17F3O3S. The number of carboxylic acid groups (broad SMARTS) is 1. The number of carbonyl (C=O) groups is 1. The fourth-order valence-electron chi connectivity index (χ4n) is 1.12. The molecule has 0 aliphatic carbocycles. The molecule has 7 heteroatoms. The first-order valence-electron chi connectivity index (χ1n) is 6.32. The average molecular weight is 346 g/mol. The van der Waals surface area contributed by atoms with Gasteiger partial charge in [-0.2, -0.15) is 13.2 Å². The van der Waals surface area contributed by atoms with E-state index in [4.69, 9.17) is 15.0 Å². The van der Waals surface area contributed by atoms with Crippen molar-refractivity contribution in [1.29, 1.82) is 0 Å². The quantitative estimate of drug-likeness (QED) is 0.732. The summed E-state index contributed by atoms with van der Waals surface area (Å²) in [5, 5.41) is 16.0. The van der Waals surface area contributed by atoms with Crippen LogP contribution in [0.4, 0.5) is 13.2 Å². The molecule has 0 fully saturated rings. The molecule has 2 rings (SSSR count). The number of halogens is 3. The van der Waals surface area contributed by atoms with Gasteiger partial charge in [-0.15, -0.1) is 11.8 Å². The number of phenolic OH excluding ortho intramolecular Hbond substituents is 1. The molecule has 3 nitrogen and oxygen atoms in total. The average Bonchev–Trinajstić information content (AvgIpc) is 2.51. The molecule has 23 heavy (non-hydrogen) atoms. The highest BCUT2D eigenvalue weighted by atomic mass is 32.2. The molecule has 0 spiro atoms. The van der Waals surface area contributed by atoms with E-state index in [9.17, 15) is 13.2 Å². The van der Waals surface area contributed by atoms with E-state index in [2.05, 4.69) is 18.4 Å². The lowest BCUT2D eigenvalue weighted by atomic mass is 10.2. The standard InChI is InChI=1S/C7H8O.C7H8S.C2HF3O2/c1-6-4-2-3-5-7(6)8;1-8-7-5-3-2-4-6-7;3-2(4,5)1(6)7/h2-5,8H,1H3;2-6H,1H3;(H,6,7). The molecule has 0 bridgehead atoms. The second kappa shape index (κ2) is 10.6. The van der Waals surface area contributed by atoms with Gasteiger partial charge in [-0.1, -0.05) is 36.4 Å². The first-order chi connectivity index (χ1) is 10.7. The number of phenols is 1. The van der Waals surface area contributed by atoms with E-state index in [0.717, 1.165) is 5.56 Å². The van der Waals surface area contributed by atoms with Gasteiger partial charge in [0.2, 0.25) is 0 Å². The number of benzene rings is 2. The van der Waals surface area contributed by atoms with Crippen molar-refractivity contribution in [2.24, 2.45) is 0 Å². The Bertz CT molecular complexity index is 566. The van der Waals surface area contributed by atoms with Crippen molar-refractivity contribution >= 4 is 17.7 Å². The molecule has 0 saturated heterocycles. The van der Waals surface area contributed by atoms with Crippen LogP contribution in [-0.2, 0) is 4.79 Å². The van der Waals surface area contributed by atoms with Crippen molar-refractivity contribution in [3.8, 4) is 5.75 Å². The summed E-state index contributed by atoms with van der Waals surface area (Å²) in [6, 6.07) is 17.6. The van der Waals surface area contributed by atoms with Gasteiger partial charge in [0.05, 0.1) is 0 Å². The second-order valence-corrected chi connectivity index (χ2v) is 4.99. The summed E-state index contributed by atoms with van der Waals surface area (Å²) >= 11 is 1.77. The van der Waals surface area contributed by atoms with Gasteiger partial charge in [-0.3, -0.25) is 0 Å². The molecule has 0 saturated carbocycles. The van der Waals surface area contributed by atoms with Crippen molar-refractivity contribution in [3.05, 3.63) is 60.2 Å². The largest absolute Gasteiger partial charge is 0.508 e. The molecule has 0 aromatic heterocycles. The lowest BCUT2D eigenvalue weighted by Crippen LogP contribution is -2.21. The summed E-state index contributed by atoms with van der Waals surface area (Å²) < 4.78 is 31.7. The first-order valence-corrected chi connectivity index (χ1v) is 7.54. The lowest BCUT2D eigenvalue weighted by Gasteiger charge is -1.93. The normalized spacial score (nSPS) is 9.78. The van der Waals surface area contributed by atoms with Crippen LogP contribution in [0.3, 0.4) is 0 Å². The number of thioether (sulfide) groups is 1. The number of hydrogen-bond acceptors (Lipinski definition) is 3. The van der Waals surface area contributed by atoms with Crippen molar-refractivity contribution < 1.29 is 28.2 Å². The van der Waals surface area contributed by atoms with Crippen LogP contribution in [-0.4, -0.2) is 28.6 Å². The molecule has 0 atom stereocenters. The van der Waals surface area contributed by atoms with Crippen molar-refractivity contribution in [2.75, 3.05) is 6.26 Å². The number of para-hydroxylation sites is 1. The summed E-state index contributed by atoms with van der Waals surface area (Å²) in [6.45, 7) is 1.87. The third-order valence-corrected chi connectivity index (χ3v) is 3.08. The number of aryl methyl sites for hydroxylation is 1. The molecule has 2 aromatic carbocycles. The van der Waals surface area contributed by atoms with Crippen LogP contribution in [0.25, 0.3) is 0 Å². The second-order valence-electron chi connectivity index (χ2n) is 4.11. The number of alkyl halides is 3. The Morgan fingerprint density at radius 2 is 1.43 bits per heavy atom. The number of aromatic hydroxyl groups is 1. The number of aliphatic carboxylic acids is 1. The van der Waals surface area contributed by atoms with Gasteiger partial charge >= 0.3 is 12.1 Å². The maximum absolute atomic E-state index is 10.6. The lowest BCUT2D eigenvalue weighted by molar-refractivity contribution is -0.192. The molecule has 0 aliphatic rings. The van der Waals surface area contributed by atoms with Crippen LogP contribution in [0.5, 0.6) is 5.75 Å².